The monoisotopic (exact) mass is 296 g/mol. The van der Waals surface area contributed by atoms with Crippen molar-refractivity contribution in [3.63, 3.8) is 0 Å². The molecule has 0 spiro atoms. The molecule has 114 valence electrons. The molecular weight excluding hydrogens is 268 g/mol. The number of rotatable bonds is 6. The molecule has 0 saturated carbocycles. The minimum Gasteiger partial charge on any atom is -0.346 e. The van der Waals surface area contributed by atoms with Crippen molar-refractivity contribution in [2.24, 2.45) is 0 Å². The van der Waals surface area contributed by atoms with Crippen molar-refractivity contribution in [2.75, 3.05) is 37.6 Å². The van der Waals surface area contributed by atoms with E-state index in [1.54, 1.807) is 0 Å². The van der Waals surface area contributed by atoms with Crippen LogP contribution in [0.5, 0.6) is 0 Å². The molecule has 2 rings (SSSR count). The number of nitrogens with one attached hydrogen (secondary N) is 1. The number of anilines is 1. The number of thiazole rings is 1. The molecule has 0 aromatic carbocycles. The highest BCUT2D eigenvalue weighted by Crippen LogP contribution is 2.28. The van der Waals surface area contributed by atoms with Crippen molar-refractivity contribution >= 4 is 16.5 Å². The van der Waals surface area contributed by atoms with Gasteiger partial charge in [-0.1, -0.05) is 13.8 Å². The van der Waals surface area contributed by atoms with E-state index in [-0.39, 0.29) is 0 Å². The van der Waals surface area contributed by atoms with Crippen molar-refractivity contribution in [1.82, 2.24) is 15.2 Å². The Bertz CT molecular complexity index is 398. The van der Waals surface area contributed by atoms with Gasteiger partial charge in [0, 0.05) is 49.3 Å². The first kappa shape index (κ1) is 15.7. The molecule has 0 radical (unpaired) electrons. The number of aromatic nitrogens is 1. The van der Waals surface area contributed by atoms with Gasteiger partial charge in [-0.25, -0.2) is 4.98 Å². The first-order valence-corrected chi connectivity index (χ1v) is 8.65. The van der Waals surface area contributed by atoms with E-state index in [4.69, 9.17) is 0 Å². The maximum atomic E-state index is 4.62. The van der Waals surface area contributed by atoms with Crippen LogP contribution in [0.3, 0.4) is 0 Å². The van der Waals surface area contributed by atoms with Crippen molar-refractivity contribution in [1.29, 1.82) is 0 Å². The van der Waals surface area contributed by atoms with Crippen LogP contribution in [0.4, 0.5) is 5.13 Å². The summed E-state index contributed by atoms with van der Waals surface area (Å²) in [6, 6.07) is 1.12. The summed E-state index contributed by atoms with van der Waals surface area (Å²) in [5.41, 5.74) is 0. The highest BCUT2D eigenvalue weighted by Gasteiger charge is 2.22. The van der Waals surface area contributed by atoms with Gasteiger partial charge in [0.15, 0.2) is 5.13 Å². The third-order valence-corrected chi connectivity index (χ3v) is 5.49. The Labute approximate surface area is 127 Å². The predicted molar refractivity (Wildman–Crippen MR) is 87.7 cm³/mol. The fourth-order valence-corrected chi connectivity index (χ4v) is 3.64. The molecule has 5 heteroatoms. The molecule has 1 fully saturated rings. The zero-order valence-corrected chi connectivity index (χ0v) is 14.0. The van der Waals surface area contributed by atoms with Crippen LogP contribution < -0.4 is 10.2 Å². The van der Waals surface area contributed by atoms with Gasteiger partial charge in [-0.15, -0.1) is 11.3 Å². The van der Waals surface area contributed by atoms with Gasteiger partial charge in [-0.3, -0.25) is 4.90 Å². The molecule has 1 aromatic rings. The van der Waals surface area contributed by atoms with E-state index in [0.717, 1.165) is 32.7 Å². The lowest BCUT2D eigenvalue weighted by atomic mass is 10.2. The largest absolute Gasteiger partial charge is 0.346 e. The molecule has 1 aliphatic heterocycles. The Balaban J connectivity index is 1.91. The highest BCUT2D eigenvalue weighted by atomic mass is 32.1. The second-order valence-electron chi connectivity index (χ2n) is 5.60. The van der Waals surface area contributed by atoms with Crippen LogP contribution >= 0.6 is 11.3 Å². The first-order chi connectivity index (χ1) is 9.65. The number of piperazine rings is 1. The average molecular weight is 296 g/mol. The molecular formula is C15H28N4S. The van der Waals surface area contributed by atoms with E-state index in [1.165, 1.54) is 16.4 Å². The third kappa shape index (κ3) is 3.71. The third-order valence-electron chi connectivity index (χ3n) is 4.25. The molecule has 1 N–H and O–H groups in total. The minimum atomic E-state index is 0.410. The van der Waals surface area contributed by atoms with Gasteiger partial charge >= 0.3 is 0 Å². The molecule has 2 atom stereocenters. The topological polar surface area (TPSA) is 31.4 Å². The van der Waals surface area contributed by atoms with E-state index in [9.17, 15) is 0 Å². The SMILES string of the molecule is CCNC(C)c1cnc(N2CCN(C(C)CC)CC2)s1. The summed E-state index contributed by atoms with van der Waals surface area (Å²) >= 11 is 1.84. The molecule has 0 amide bonds. The quantitative estimate of drug-likeness (QED) is 0.874. The average Bonchev–Trinajstić information content (AvgIpc) is 2.97. The van der Waals surface area contributed by atoms with Gasteiger partial charge in [0.2, 0.25) is 0 Å². The van der Waals surface area contributed by atoms with Crippen molar-refractivity contribution in [3.8, 4) is 0 Å². The minimum absolute atomic E-state index is 0.410. The smallest absolute Gasteiger partial charge is 0.185 e. The van der Waals surface area contributed by atoms with E-state index in [1.807, 2.05) is 17.5 Å². The van der Waals surface area contributed by atoms with Crippen LogP contribution in [0.15, 0.2) is 6.20 Å². The molecule has 2 heterocycles. The second-order valence-corrected chi connectivity index (χ2v) is 6.65. The Morgan fingerprint density at radius 3 is 2.55 bits per heavy atom. The molecule has 1 aliphatic rings. The van der Waals surface area contributed by atoms with Crippen LogP contribution in [0.25, 0.3) is 0 Å². The molecule has 1 aromatic heterocycles. The predicted octanol–water partition coefficient (Wildman–Crippen LogP) is 2.73. The van der Waals surface area contributed by atoms with E-state index < -0.39 is 0 Å². The summed E-state index contributed by atoms with van der Waals surface area (Å²) in [5.74, 6) is 0. The Hall–Kier alpha value is -0.650. The summed E-state index contributed by atoms with van der Waals surface area (Å²) < 4.78 is 0. The maximum absolute atomic E-state index is 4.62. The Morgan fingerprint density at radius 1 is 1.25 bits per heavy atom. The van der Waals surface area contributed by atoms with Gasteiger partial charge in [0.25, 0.3) is 0 Å². The molecule has 0 aliphatic carbocycles. The van der Waals surface area contributed by atoms with Crippen LogP contribution in [0, 0.1) is 0 Å². The zero-order valence-electron chi connectivity index (χ0n) is 13.2. The number of nitrogens with zero attached hydrogens (tertiary/aromatic N) is 3. The normalized spacial score (nSPS) is 20.1. The summed E-state index contributed by atoms with van der Waals surface area (Å²) in [4.78, 5) is 11.0. The lowest BCUT2D eigenvalue weighted by Crippen LogP contribution is -2.49. The van der Waals surface area contributed by atoms with Crippen molar-refractivity contribution < 1.29 is 0 Å². The lowest BCUT2D eigenvalue weighted by Gasteiger charge is -2.37. The van der Waals surface area contributed by atoms with Crippen molar-refractivity contribution in [2.45, 2.75) is 46.2 Å². The zero-order chi connectivity index (χ0) is 14.5. The summed E-state index contributed by atoms with van der Waals surface area (Å²) in [7, 11) is 0. The van der Waals surface area contributed by atoms with Crippen LogP contribution in [0.2, 0.25) is 0 Å². The van der Waals surface area contributed by atoms with Gasteiger partial charge in [-0.2, -0.15) is 0 Å². The standard InChI is InChI=1S/C15H28N4S/c1-5-12(3)18-7-9-19(10-8-18)15-17-11-14(20-15)13(4)16-6-2/h11-13,16H,5-10H2,1-4H3. The van der Waals surface area contributed by atoms with Crippen LogP contribution in [0.1, 0.15) is 45.0 Å². The molecule has 2 unspecified atom stereocenters. The van der Waals surface area contributed by atoms with Gasteiger partial charge < -0.3 is 10.2 Å². The van der Waals surface area contributed by atoms with Gasteiger partial charge in [0.05, 0.1) is 0 Å². The number of hydrogen-bond donors (Lipinski definition) is 1. The summed E-state index contributed by atoms with van der Waals surface area (Å²) in [6.45, 7) is 14.5. The Morgan fingerprint density at radius 2 is 1.95 bits per heavy atom. The van der Waals surface area contributed by atoms with Crippen molar-refractivity contribution in [3.05, 3.63) is 11.1 Å². The van der Waals surface area contributed by atoms with Gasteiger partial charge in [-0.05, 0) is 26.8 Å². The van der Waals surface area contributed by atoms with E-state index in [0.29, 0.717) is 12.1 Å². The van der Waals surface area contributed by atoms with Crippen LogP contribution in [-0.4, -0.2) is 48.6 Å². The fourth-order valence-electron chi connectivity index (χ4n) is 2.64. The molecule has 4 nitrogen and oxygen atoms in total. The highest BCUT2D eigenvalue weighted by molar-refractivity contribution is 7.15. The number of hydrogen-bond acceptors (Lipinski definition) is 5. The molecule has 20 heavy (non-hydrogen) atoms. The fraction of sp³-hybridized carbons (Fsp3) is 0.800. The lowest BCUT2D eigenvalue weighted by molar-refractivity contribution is 0.193. The summed E-state index contributed by atoms with van der Waals surface area (Å²) in [6.07, 6.45) is 3.27. The summed E-state index contributed by atoms with van der Waals surface area (Å²) in [5, 5.41) is 4.64. The van der Waals surface area contributed by atoms with Crippen LogP contribution in [-0.2, 0) is 0 Å². The first-order valence-electron chi connectivity index (χ1n) is 7.83. The molecule has 0 bridgehead atoms. The van der Waals surface area contributed by atoms with Gasteiger partial charge in [0.1, 0.15) is 0 Å². The van der Waals surface area contributed by atoms with E-state index >= 15 is 0 Å². The second kappa shape index (κ2) is 7.38. The molecule has 1 saturated heterocycles. The Kier molecular flexibility index (Phi) is 5.81. The maximum Gasteiger partial charge on any atom is 0.185 e. The van der Waals surface area contributed by atoms with E-state index in [2.05, 4.69) is 47.8 Å².